The third-order valence-corrected chi connectivity index (χ3v) is 3.32. The van der Waals surface area contributed by atoms with Crippen molar-refractivity contribution in [2.45, 2.75) is 25.6 Å². The van der Waals surface area contributed by atoms with Gasteiger partial charge >= 0.3 is 6.03 Å². The Morgan fingerprint density at radius 2 is 2.21 bits per heavy atom. The molecule has 1 aliphatic rings. The van der Waals surface area contributed by atoms with Gasteiger partial charge in [0.05, 0.1) is 25.3 Å². The van der Waals surface area contributed by atoms with Crippen molar-refractivity contribution < 1.29 is 9.53 Å². The zero-order valence-corrected chi connectivity index (χ0v) is 11.2. The molecule has 104 valence electrons. The third-order valence-electron chi connectivity index (χ3n) is 3.32. The molecular weight excluding hydrogens is 242 g/mol. The summed E-state index contributed by atoms with van der Waals surface area (Å²) in [4.78, 5) is 14.0. The van der Waals surface area contributed by atoms with Gasteiger partial charge in [-0.05, 0) is 12.5 Å². The molecule has 1 aliphatic heterocycles. The molecule has 0 radical (unpaired) electrons. The van der Waals surface area contributed by atoms with Crippen LogP contribution in [0, 0.1) is 0 Å². The average Bonchev–Trinajstić information content (AvgIpc) is 2.46. The minimum atomic E-state index is -0.0573. The zero-order chi connectivity index (χ0) is 13.7. The first-order valence-corrected chi connectivity index (χ1v) is 6.60. The highest BCUT2D eigenvalue weighted by molar-refractivity contribution is 5.74. The third kappa shape index (κ3) is 3.68. The molecule has 1 saturated heterocycles. The van der Waals surface area contributed by atoms with Gasteiger partial charge in [0.15, 0.2) is 0 Å². The number of nitrogens with zero attached hydrogens (tertiary/aromatic N) is 1. The molecule has 0 aliphatic carbocycles. The fourth-order valence-corrected chi connectivity index (χ4v) is 2.12. The average molecular weight is 263 g/mol. The summed E-state index contributed by atoms with van der Waals surface area (Å²) in [7, 11) is 0. The van der Waals surface area contributed by atoms with E-state index in [-0.39, 0.29) is 18.2 Å². The molecule has 2 amide bonds. The Kier molecular flexibility index (Phi) is 4.76. The van der Waals surface area contributed by atoms with Crippen molar-refractivity contribution in [1.29, 1.82) is 0 Å². The topological polar surface area (TPSA) is 67.6 Å². The van der Waals surface area contributed by atoms with E-state index >= 15 is 0 Å². The fraction of sp³-hybridized carbons (Fsp3) is 0.500. The van der Waals surface area contributed by atoms with Crippen LogP contribution >= 0.6 is 0 Å². The molecule has 2 rings (SSSR count). The predicted octanol–water partition coefficient (Wildman–Crippen LogP) is 0.944. The molecule has 0 spiro atoms. The van der Waals surface area contributed by atoms with E-state index in [1.807, 2.05) is 37.3 Å². The van der Waals surface area contributed by atoms with Crippen LogP contribution in [0.5, 0.6) is 0 Å². The molecule has 2 atom stereocenters. The number of rotatable bonds is 3. The summed E-state index contributed by atoms with van der Waals surface area (Å²) in [6.45, 7) is 4.06. The number of urea groups is 1. The summed E-state index contributed by atoms with van der Waals surface area (Å²) >= 11 is 0. The van der Waals surface area contributed by atoms with Crippen LogP contribution in [0.4, 0.5) is 4.79 Å². The molecule has 1 aromatic rings. The number of morpholine rings is 1. The molecule has 1 fully saturated rings. The molecular formula is C14H21N3O2. The van der Waals surface area contributed by atoms with Crippen LogP contribution in [0.3, 0.4) is 0 Å². The van der Waals surface area contributed by atoms with Crippen molar-refractivity contribution in [3.63, 3.8) is 0 Å². The predicted molar refractivity (Wildman–Crippen MR) is 73.6 cm³/mol. The summed E-state index contributed by atoms with van der Waals surface area (Å²) in [6.07, 6.45) is -0.0568. The lowest BCUT2D eigenvalue weighted by molar-refractivity contribution is -0.0362. The van der Waals surface area contributed by atoms with E-state index in [4.69, 9.17) is 10.5 Å². The highest BCUT2D eigenvalue weighted by Gasteiger charge is 2.28. The van der Waals surface area contributed by atoms with Gasteiger partial charge in [0, 0.05) is 13.1 Å². The minimum absolute atomic E-state index is 0.0568. The lowest BCUT2D eigenvalue weighted by Gasteiger charge is -2.37. The molecule has 1 heterocycles. The summed E-state index contributed by atoms with van der Waals surface area (Å²) in [5, 5.41) is 2.93. The molecule has 0 aromatic heterocycles. The fourth-order valence-electron chi connectivity index (χ4n) is 2.12. The summed E-state index contributed by atoms with van der Waals surface area (Å²) in [5.74, 6) is 0. The van der Waals surface area contributed by atoms with Crippen molar-refractivity contribution in [2.75, 3.05) is 19.7 Å². The van der Waals surface area contributed by atoms with Gasteiger partial charge in [-0.15, -0.1) is 0 Å². The van der Waals surface area contributed by atoms with E-state index in [2.05, 4.69) is 5.32 Å². The molecule has 0 saturated carbocycles. The van der Waals surface area contributed by atoms with Gasteiger partial charge in [0.2, 0.25) is 0 Å². The second kappa shape index (κ2) is 6.54. The maximum atomic E-state index is 12.2. The normalized spacial score (nSPS) is 23.2. The van der Waals surface area contributed by atoms with Crippen molar-refractivity contribution >= 4 is 6.03 Å². The van der Waals surface area contributed by atoms with Crippen LogP contribution in [0.2, 0.25) is 0 Å². The highest BCUT2D eigenvalue weighted by atomic mass is 16.5. The Morgan fingerprint density at radius 1 is 1.47 bits per heavy atom. The van der Waals surface area contributed by atoms with E-state index in [0.717, 1.165) is 5.56 Å². The number of nitrogens with one attached hydrogen (secondary N) is 1. The molecule has 3 N–H and O–H groups in total. The van der Waals surface area contributed by atoms with E-state index in [0.29, 0.717) is 26.2 Å². The Labute approximate surface area is 113 Å². The first-order valence-electron chi connectivity index (χ1n) is 6.60. The number of ether oxygens (including phenoxy) is 1. The second-order valence-corrected chi connectivity index (χ2v) is 4.84. The standard InChI is InChI=1S/C14H21N3O2/c1-11-10-19-13(7-15)9-17(11)14(18)16-8-12-5-3-2-4-6-12/h2-6,11,13H,7-10,15H2,1H3,(H,16,18). The van der Waals surface area contributed by atoms with Gasteiger partial charge in [-0.2, -0.15) is 0 Å². The molecule has 1 aromatic carbocycles. The van der Waals surface area contributed by atoms with Crippen molar-refractivity contribution in [3.8, 4) is 0 Å². The second-order valence-electron chi connectivity index (χ2n) is 4.84. The molecule has 19 heavy (non-hydrogen) atoms. The monoisotopic (exact) mass is 263 g/mol. The number of amides is 2. The van der Waals surface area contributed by atoms with Crippen LogP contribution in [-0.4, -0.2) is 42.8 Å². The van der Waals surface area contributed by atoms with E-state index in [1.54, 1.807) is 4.90 Å². The molecule has 0 bridgehead atoms. The summed E-state index contributed by atoms with van der Waals surface area (Å²) < 4.78 is 5.54. The van der Waals surface area contributed by atoms with Crippen LogP contribution in [0.15, 0.2) is 30.3 Å². The maximum Gasteiger partial charge on any atom is 0.318 e. The van der Waals surface area contributed by atoms with E-state index in [1.165, 1.54) is 0 Å². The summed E-state index contributed by atoms with van der Waals surface area (Å²) in [6, 6.07) is 9.89. The maximum absolute atomic E-state index is 12.2. The SMILES string of the molecule is CC1COC(CN)CN1C(=O)NCc1ccccc1. The Morgan fingerprint density at radius 3 is 2.89 bits per heavy atom. The number of carbonyl (C=O) groups is 1. The van der Waals surface area contributed by atoms with Gasteiger partial charge in [-0.25, -0.2) is 4.79 Å². The van der Waals surface area contributed by atoms with Crippen molar-refractivity contribution in [3.05, 3.63) is 35.9 Å². The Hall–Kier alpha value is -1.59. The number of hydrogen-bond acceptors (Lipinski definition) is 3. The Bertz CT molecular complexity index is 410. The van der Waals surface area contributed by atoms with Crippen LogP contribution in [0.25, 0.3) is 0 Å². The van der Waals surface area contributed by atoms with Gasteiger partial charge < -0.3 is 20.7 Å². The van der Waals surface area contributed by atoms with E-state index in [9.17, 15) is 4.79 Å². The van der Waals surface area contributed by atoms with Crippen LogP contribution in [0.1, 0.15) is 12.5 Å². The minimum Gasteiger partial charge on any atom is -0.373 e. The van der Waals surface area contributed by atoms with Crippen LogP contribution < -0.4 is 11.1 Å². The van der Waals surface area contributed by atoms with Gasteiger partial charge in [-0.1, -0.05) is 30.3 Å². The van der Waals surface area contributed by atoms with Gasteiger partial charge in [0.1, 0.15) is 0 Å². The van der Waals surface area contributed by atoms with Crippen molar-refractivity contribution in [1.82, 2.24) is 10.2 Å². The lowest BCUT2D eigenvalue weighted by Crippen LogP contribution is -2.55. The highest BCUT2D eigenvalue weighted by Crippen LogP contribution is 2.11. The zero-order valence-electron chi connectivity index (χ0n) is 11.2. The molecule has 5 heteroatoms. The molecule has 5 nitrogen and oxygen atoms in total. The van der Waals surface area contributed by atoms with Crippen LogP contribution in [-0.2, 0) is 11.3 Å². The number of benzene rings is 1. The van der Waals surface area contributed by atoms with Gasteiger partial charge in [-0.3, -0.25) is 0 Å². The first-order chi connectivity index (χ1) is 9.20. The van der Waals surface area contributed by atoms with Gasteiger partial charge in [0.25, 0.3) is 0 Å². The smallest absolute Gasteiger partial charge is 0.318 e. The van der Waals surface area contributed by atoms with Crippen molar-refractivity contribution in [2.24, 2.45) is 5.73 Å². The first kappa shape index (κ1) is 13.8. The molecule has 2 unspecified atom stereocenters. The van der Waals surface area contributed by atoms with E-state index < -0.39 is 0 Å². The number of carbonyl (C=O) groups excluding carboxylic acids is 1. The number of hydrogen-bond donors (Lipinski definition) is 2. The quantitative estimate of drug-likeness (QED) is 0.853. The Balaban J connectivity index is 1.88. The summed E-state index contributed by atoms with van der Waals surface area (Å²) in [5.41, 5.74) is 6.68. The lowest BCUT2D eigenvalue weighted by atomic mass is 10.2. The largest absolute Gasteiger partial charge is 0.373 e. The number of nitrogens with two attached hydrogens (primary N) is 1.